The molecule has 0 heterocycles. The Hall–Kier alpha value is -0.320. The molecule has 2 saturated carbocycles. The van der Waals surface area contributed by atoms with Gasteiger partial charge in [-0.15, -0.1) is 12.4 Å². The summed E-state index contributed by atoms with van der Waals surface area (Å²) in [6, 6.07) is 0.312. The lowest BCUT2D eigenvalue weighted by atomic mass is 9.54. The first-order valence-corrected chi connectivity index (χ1v) is 8.13. The van der Waals surface area contributed by atoms with Gasteiger partial charge in [0, 0.05) is 24.5 Å². The first-order valence-electron chi connectivity index (χ1n) is 8.13. The zero-order chi connectivity index (χ0) is 14.8. The third-order valence-corrected chi connectivity index (χ3v) is 5.43. The van der Waals surface area contributed by atoms with Crippen molar-refractivity contribution >= 4 is 18.3 Å². The Morgan fingerprint density at radius 2 is 1.81 bits per heavy atom. The summed E-state index contributed by atoms with van der Waals surface area (Å²) in [4.78, 5) is 12.6. The van der Waals surface area contributed by atoms with Crippen LogP contribution in [0.5, 0.6) is 0 Å². The molecule has 2 aliphatic carbocycles. The van der Waals surface area contributed by atoms with E-state index in [0.717, 1.165) is 12.8 Å². The van der Waals surface area contributed by atoms with Crippen molar-refractivity contribution in [2.45, 2.75) is 83.4 Å². The average molecular weight is 319 g/mol. The maximum absolute atomic E-state index is 12.6. The topological polar surface area (TPSA) is 64.3 Å². The molecule has 0 aliphatic heterocycles. The van der Waals surface area contributed by atoms with Crippen LogP contribution in [0.3, 0.4) is 0 Å². The molecule has 0 radical (unpaired) electrons. The fraction of sp³-hybridized carbons (Fsp3) is 0.938. The number of ether oxygens (including phenoxy) is 1. The van der Waals surface area contributed by atoms with Gasteiger partial charge < -0.3 is 15.8 Å². The molecule has 2 unspecified atom stereocenters. The molecule has 0 aromatic carbocycles. The third-order valence-electron chi connectivity index (χ3n) is 5.43. The molecule has 2 atom stereocenters. The van der Waals surface area contributed by atoms with Gasteiger partial charge in [-0.1, -0.05) is 39.5 Å². The maximum atomic E-state index is 12.6. The summed E-state index contributed by atoms with van der Waals surface area (Å²) in [7, 11) is 0. The standard InChI is InChI=1S/C16H30N2O2.ClH/c1-4-20-13-11-16(17,15(13,2)3)14(19)18-12-9-7-5-6-8-10-12;/h12-13H,4-11,17H2,1-3H3,(H,18,19);1H. The van der Waals surface area contributed by atoms with Crippen molar-refractivity contribution in [2.24, 2.45) is 11.1 Å². The number of hydrogen-bond donors (Lipinski definition) is 2. The predicted molar refractivity (Wildman–Crippen MR) is 87.6 cm³/mol. The van der Waals surface area contributed by atoms with Gasteiger partial charge in [-0.2, -0.15) is 0 Å². The number of nitrogens with one attached hydrogen (secondary N) is 1. The zero-order valence-electron chi connectivity index (χ0n) is 13.6. The van der Waals surface area contributed by atoms with E-state index in [4.69, 9.17) is 10.5 Å². The normalized spacial score (nSPS) is 32.5. The van der Waals surface area contributed by atoms with Crippen molar-refractivity contribution in [3.05, 3.63) is 0 Å². The van der Waals surface area contributed by atoms with Crippen LogP contribution in [0.25, 0.3) is 0 Å². The van der Waals surface area contributed by atoms with E-state index in [9.17, 15) is 4.79 Å². The summed E-state index contributed by atoms with van der Waals surface area (Å²) in [5.41, 5.74) is 5.34. The molecule has 0 aromatic rings. The third kappa shape index (κ3) is 3.54. The summed E-state index contributed by atoms with van der Waals surface area (Å²) in [5, 5.41) is 3.20. The van der Waals surface area contributed by atoms with Crippen molar-refractivity contribution in [2.75, 3.05) is 6.61 Å². The van der Waals surface area contributed by atoms with E-state index in [0.29, 0.717) is 19.1 Å². The highest BCUT2D eigenvalue weighted by molar-refractivity contribution is 5.89. The first-order chi connectivity index (χ1) is 9.41. The van der Waals surface area contributed by atoms with Gasteiger partial charge in [0.05, 0.1) is 6.10 Å². The summed E-state index contributed by atoms with van der Waals surface area (Å²) in [5.74, 6) is 0.0188. The second-order valence-electron chi connectivity index (χ2n) is 7.00. The summed E-state index contributed by atoms with van der Waals surface area (Å²) < 4.78 is 5.69. The van der Waals surface area contributed by atoms with Crippen LogP contribution in [-0.2, 0) is 9.53 Å². The summed E-state index contributed by atoms with van der Waals surface area (Å²) in [6.07, 6.45) is 7.93. The lowest BCUT2D eigenvalue weighted by Gasteiger charge is -2.57. The van der Waals surface area contributed by atoms with Crippen LogP contribution < -0.4 is 11.1 Å². The van der Waals surface area contributed by atoms with E-state index in [-0.39, 0.29) is 29.8 Å². The van der Waals surface area contributed by atoms with Gasteiger partial charge in [-0.05, 0) is 19.8 Å². The van der Waals surface area contributed by atoms with E-state index in [1.807, 2.05) is 20.8 Å². The highest BCUT2D eigenvalue weighted by atomic mass is 35.5. The largest absolute Gasteiger partial charge is 0.378 e. The van der Waals surface area contributed by atoms with Crippen LogP contribution in [0.4, 0.5) is 0 Å². The summed E-state index contributed by atoms with van der Waals surface area (Å²) in [6.45, 7) is 6.75. The monoisotopic (exact) mass is 318 g/mol. The van der Waals surface area contributed by atoms with Crippen molar-refractivity contribution in [3.8, 4) is 0 Å². The fourth-order valence-corrected chi connectivity index (χ4v) is 3.56. The number of hydrogen-bond acceptors (Lipinski definition) is 3. The molecular formula is C16H31ClN2O2. The van der Waals surface area contributed by atoms with Gasteiger partial charge in [0.15, 0.2) is 0 Å². The molecule has 0 spiro atoms. The molecule has 5 heteroatoms. The fourth-order valence-electron chi connectivity index (χ4n) is 3.56. The van der Waals surface area contributed by atoms with Gasteiger partial charge in [0.1, 0.15) is 5.54 Å². The Kier molecular flexibility index (Phi) is 6.51. The van der Waals surface area contributed by atoms with Crippen LogP contribution in [0, 0.1) is 5.41 Å². The van der Waals surface area contributed by atoms with E-state index in [1.54, 1.807) is 0 Å². The Balaban J connectivity index is 0.00000220. The van der Waals surface area contributed by atoms with Gasteiger partial charge in [0.25, 0.3) is 0 Å². The van der Waals surface area contributed by atoms with E-state index < -0.39 is 5.54 Å². The molecule has 0 saturated heterocycles. The Morgan fingerprint density at radius 1 is 1.24 bits per heavy atom. The minimum absolute atomic E-state index is 0. The molecular weight excluding hydrogens is 288 g/mol. The number of amides is 1. The number of carbonyl (C=O) groups is 1. The first kappa shape index (κ1) is 18.7. The zero-order valence-corrected chi connectivity index (χ0v) is 14.4. The van der Waals surface area contributed by atoms with Crippen molar-refractivity contribution in [3.63, 3.8) is 0 Å². The van der Waals surface area contributed by atoms with Crippen LogP contribution in [0.1, 0.15) is 65.7 Å². The molecule has 21 heavy (non-hydrogen) atoms. The van der Waals surface area contributed by atoms with Crippen LogP contribution >= 0.6 is 12.4 Å². The molecule has 0 aromatic heterocycles. The minimum atomic E-state index is -0.779. The Labute approximate surface area is 135 Å². The quantitative estimate of drug-likeness (QED) is 0.783. The van der Waals surface area contributed by atoms with E-state index in [1.165, 1.54) is 25.7 Å². The van der Waals surface area contributed by atoms with Gasteiger partial charge in [-0.25, -0.2) is 0 Å². The molecule has 4 nitrogen and oxygen atoms in total. The SMILES string of the molecule is CCOC1CC(N)(C(=O)NC2CCCCCC2)C1(C)C.Cl. The molecule has 2 fully saturated rings. The lowest BCUT2D eigenvalue weighted by molar-refractivity contribution is -0.171. The Morgan fingerprint density at radius 3 is 2.29 bits per heavy atom. The van der Waals surface area contributed by atoms with Gasteiger partial charge in [-0.3, -0.25) is 4.79 Å². The number of nitrogens with two attached hydrogens (primary N) is 1. The van der Waals surface area contributed by atoms with Crippen LogP contribution in [0.15, 0.2) is 0 Å². The smallest absolute Gasteiger partial charge is 0.241 e. The number of halogens is 1. The predicted octanol–water partition coefficient (Wildman–Crippen LogP) is 2.78. The molecule has 2 rings (SSSR count). The summed E-state index contributed by atoms with van der Waals surface area (Å²) >= 11 is 0. The van der Waals surface area contributed by atoms with Crippen molar-refractivity contribution < 1.29 is 9.53 Å². The molecule has 3 N–H and O–H groups in total. The average Bonchev–Trinajstić information content (AvgIpc) is 2.66. The van der Waals surface area contributed by atoms with Crippen LogP contribution in [0.2, 0.25) is 0 Å². The van der Waals surface area contributed by atoms with Gasteiger partial charge >= 0.3 is 0 Å². The van der Waals surface area contributed by atoms with Crippen molar-refractivity contribution in [1.82, 2.24) is 5.32 Å². The van der Waals surface area contributed by atoms with Crippen LogP contribution in [-0.4, -0.2) is 30.2 Å². The highest BCUT2D eigenvalue weighted by Gasteiger charge is 2.62. The van der Waals surface area contributed by atoms with Gasteiger partial charge in [0.2, 0.25) is 5.91 Å². The highest BCUT2D eigenvalue weighted by Crippen LogP contribution is 2.49. The number of carbonyl (C=O) groups excluding carboxylic acids is 1. The lowest BCUT2D eigenvalue weighted by Crippen LogP contribution is -2.76. The molecule has 0 bridgehead atoms. The maximum Gasteiger partial charge on any atom is 0.241 e. The molecule has 2 aliphatic rings. The molecule has 124 valence electrons. The van der Waals surface area contributed by atoms with Crippen molar-refractivity contribution in [1.29, 1.82) is 0 Å². The second kappa shape index (κ2) is 7.30. The Bertz CT molecular complexity index is 354. The minimum Gasteiger partial charge on any atom is -0.378 e. The van der Waals surface area contributed by atoms with E-state index in [2.05, 4.69) is 5.32 Å². The van der Waals surface area contributed by atoms with E-state index >= 15 is 0 Å². The second-order valence-corrected chi connectivity index (χ2v) is 7.00. The number of rotatable bonds is 4. The molecule has 1 amide bonds.